The maximum atomic E-state index is 15.1. The van der Waals surface area contributed by atoms with E-state index in [1.165, 1.54) is 17.3 Å². The van der Waals surface area contributed by atoms with E-state index in [0.717, 1.165) is 5.56 Å². The lowest BCUT2D eigenvalue weighted by Crippen LogP contribution is -2.55. The predicted molar refractivity (Wildman–Crippen MR) is 144 cm³/mol. The molecule has 2 atom stereocenters. The van der Waals surface area contributed by atoms with Gasteiger partial charge in [0.25, 0.3) is 0 Å². The quantitative estimate of drug-likeness (QED) is 0.591. The Balaban J connectivity index is 0.00000400. The molecule has 2 heterocycles. The van der Waals surface area contributed by atoms with Crippen molar-refractivity contribution >= 4 is 27.5 Å². The van der Waals surface area contributed by atoms with Gasteiger partial charge in [-0.25, -0.2) is 12.8 Å². The van der Waals surface area contributed by atoms with Crippen molar-refractivity contribution in [3.05, 3.63) is 65.5 Å². The van der Waals surface area contributed by atoms with E-state index in [1.54, 1.807) is 24.0 Å². The number of sulfonamides is 1. The largest absolute Gasteiger partial charge is 0.343 e. The predicted octanol–water partition coefficient (Wildman–Crippen LogP) is 4.58. The van der Waals surface area contributed by atoms with Crippen LogP contribution in [0.2, 0.25) is 0 Å². The molecule has 2 aliphatic heterocycles. The molecule has 1 unspecified atom stereocenters. The molecule has 7 nitrogen and oxygen atoms in total. The Bertz CT molecular complexity index is 1250. The standard InChI is InChI=1S/C28H36FN3O4S.H2/c1-20-11-14-28(3,18-22-7-5-4-6-8-22)37(35,36)32(20)19-24-9-10-25(17-26(24)29)30-27(34)23-12-15-31(16-13-23)21(2)33;/h4-10,17,20,23H,11-16,18-19H2,1-3H3,(H,30,34);1H/t20-,28?;/m0./s1. The molecule has 2 aliphatic rings. The van der Waals surface area contributed by atoms with Crippen molar-refractivity contribution in [2.45, 2.75) is 70.2 Å². The second kappa shape index (κ2) is 10.9. The lowest BCUT2D eigenvalue weighted by molar-refractivity contribution is -0.132. The number of piperidine rings is 1. The second-order valence-electron chi connectivity index (χ2n) is 10.6. The van der Waals surface area contributed by atoms with E-state index in [1.807, 2.05) is 37.3 Å². The van der Waals surface area contributed by atoms with Crippen LogP contribution in [0.4, 0.5) is 10.1 Å². The number of anilines is 1. The first-order valence-electron chi connectivity index (χ1n) is 12.9. The van der Waals surface area contributed by atoms with Crippen LogP contribution < -0.4 is 5.32 Å². The lowest BCUT2D eigenvalue weighted by Gasteiger charge is -2.43. The minimum Gasteiger partial charge on any atom is -0.343 e. The van der Waals surface area contributed by atoms with Gasteiger partial charge in [0.1, 0.15) is 5.82 Å². The summed E-state index contributed by atoms with van der Waals surface area (Å²) in [6, 6.07) is 13.8. The third-order valence-corrected chi connectivity index (χ3v) is 10.6. The Hall–Kier alpha value is -2.78. The van der Waals surface area contributed by atoms with Gasteiger partial charge in [-0.15, -0.1) is 0 Å². The molecule has 4 rings (SSSR count). The van der Waals surface area contributed by atoms with Gasteiger partial charge in [-0.3, -0.25) is 9.59 Å². The molecule has 0 bridgehead atoms. The van der Waals surface area contributed by atoms with Crippen molar-refractivity contribution in [3.63, 3.8) is 0 Å². The summed E-state index contributed by atoms with van der Waals surface area (Å²) >= 11 is 0. The third kappa shape index (κ3) is 5.88. The zero-order valence-electron chi connectivity index (χ0n) is 21.7. The number of hydrogen-bond donors (Lipinski definition) is 1. The number of rotatable bonds is 6. The smallest absolute Gasteiger partial charge is 0.227 e. The molecule has 2 aromatic carbocycles. The van der Waals surface area contributed by atoms with E-state index in [2.05, 4.69) is 5.32 Å². The van der Waals surface area contributed by atoms with Crippen molar-refractivity contribution in [1.82, 2.24) is 9.21 Å². The Morgan fingerprint density at radius 2 is 1.78 bits per heavy atom. The van der Waals surface area contributed by atoms with Crippen LogP contribution in [0.25, 0.3) is 0 Å². The summed E-state index contributed by atoms with van der Waals surface area (Å²) in [4.78, 5) is 25.9. The van der Waals surface area contributed by atoms with Gasteiger partial charge >= 0.3 is 0 Å². The fourth-order valence-electron chi connectivity index (χ4n) is 5.38. The van der Waals surface area contributed by atoms with Crippen LogP contribution in [0.1, 0.15) is 59.0 Å². The SMILES string of the molecule is CC(=O)N1CCC(C(=O)Nc2ccc(CN3[C@@H](C)CCC(C)(Cc4ccccc4)S3(=O)=O)c(F)c2)CC1.[HH]. The summed E-state index contributed by atoms with van der Waals surface area (Å²) in [5.41, 5.74) is 1.57. The number of carbonyl (C=O) groups excluding carboxylic acids is 2. The van der Waals surface area contributed by atoms with Gasteiger partial charge in [-0.2, -0.15) is 4.31 Å². The maximum absolute atomic E-state index is 15.1. The summed E-state index contributed by atoms with van der Waals surface area (Å²) in [6.45, 7) is 6.17. The minimum absolute atomic E-state index is 0. The fourth-order valence-corrected chi connectivity index (χ4v) is 7.56. The summed E-state index contributed by atoms with van der Waals surface area (Å²) in [5.74, 6) is -0.983. The molecule has 202 valence electrons. The highest BCUT2D eigenvalue weighted by Crippen LogP contribution is 2.39. The molecule has 37 heavy (non-hydrogen) atoms. The molecule has 2 aromatic rings. The van der Waals surface area contributed by atoms with Crippen LogP contribution in [0.3, 0.4) is 0 Å². The van der Waals surface area contributed by atoms with Gasteiger partial charge in [0.15, 0.2) is 0 Å². The summed E-state index contributed by atoms with van der Waals surface area (Å²) < 4.78 is 43.1. The third-order valence-electron chi connectivity index (χ3n) is 7.89. The summed E-state index contributed by atoms with van der Waals surface area (Å²) in [5, 5.41) is 2.78. The first-order valence-corrected chi connectivity index (χ1v) is 14.3. The van der Waals surface area contributed by atoms with E-state index in [0.29, 0.717) is 50.9 Å². The van der Waals surface area contributed by atoms with Crippen LogP contribution in [0, 0.1) is 11.7 Å². The highest BCUT2D eigenvalue weighted by molar-refractivity contribution is 7.90. The fraction of sp³-hybridized carbons (Fsp3) is 0.500. The average Bonchev–Trinajstić information content (AvgIpc) is 2.86. The van der Waals surface area contributed by atoms with Crippen LogP contribution in [-0.2, 0) is 32.6 Å². The number of hydrogen-bond acceptors (Lipinski definition) is 4. The molecule has 2 fully saturated rings. The Morgan fingerprint density at radius 1 is 1.11 bits per heavy atom. The molecule has 9 heteroatoms. The van der Waals surface area contributed by atoms with Crippen molar-refractivity contribution < 1.29 is 23.8 Å². The van der Waals surface area contributed by atoms with Crippen LogP contribution in [0.5, 0.6) is 0 Å². The number of halogens is 1. The van der Waals surface area contributed by atoms with E-state index in [-0.39, 0.29) is 37.3 Å². The van der Waals surface area contributed by atoms with Crippen molar-refractivity contribution in [2.24, 2.45) is 5.92 Å². The number of carbonyl (C=O) groups is 2. The van der Waals surface area contributed by atoms with E-state index in [4.69, 9.17) is 0 Å². The summed E-state index contributed by atoms with van der Waals surface area (Å²) in [6.07, 6.45) is 2.77. The van der Waals surface area contributed by atoms with E-state index in [9.17, 15) is 18.0 Å². The van der Waals surface area contributed by atoms with Crippen LogP contribution >= 0.6 is 0 Å². The molecule has 0 aromatic heterocycles. The lowest BCUT2D eigenvalue weighted by atomic mass is 9.93. The zero-order chi connectivity index (χ0) is 26.8. The van der Waals surface area contributed by atoms with E-state index < -0.39 is 20.6 Å². The van der Waals surface area contributed by atoms with Gasteiger partial charge < -0.3 is 10.2 Å². The van der Waals surface area contributed by atoms with E-state index >= 15 is 4.39 Å². The average molecular weight is 532 g/mol. The molecule has 2 saturated heterocycles. The van der Waals surface area contributed by atoms with Gasteiger partial charge in [-0.1, -0.05) is 36.4 Å². The Morgan fingerprint density at radius 3 is 2.41 bits per heavy atom. The molecule has 0 spiro atoms. The monoisotopic (exact) mass is 531 g/mol. The maximum Gasteiger partial charge on any atom is 0.227 e. The molecule has 0 aliphatic carbocycles. The van der Waals surface area contributed by atoms with Gasteiger partial charge in [0.2, 0.25) is 21.8 Å². The molecule has 0 radical (unpaired) electrons. The number of likely N-dealkylation sites (tertiary alicyclic amines) is 1. The first-order chi connectivity index (χ1) is 17.5. The van der Waals surface area contributed by atoms with Crippen molar-refractivity contribution in [2.75, 3.05) is 18.4 Å². The molecule has 1 N–H and O–H groups in total. The molecular formula is C28H38FN3O4S. The van der Waals surface area contributed by atoms with Gasteiger partial charge in [0, 0.05) is 51.2 Å². The van der Waals surface area contributed by atoms with Crippen molar-refractivity contribution in [1.29, 1.82) is 0 Å². The Labute approximate surface area is 220 Å². The number of amides is 2. The number of nitrogens with zero attached hydrogens (tertiary/aromatic N) is 2. The number of nitrogens with one attached hydrogen (secondary N) is 1. The molecule has 2 amide bonds. The molecule has 0 saturated carbocycles. The highest BCUT2D eigenvalue weighted by Gasteiger charge is 2.48. The second-order valence-corrected chi connectivity index (χ2v) is 13.0. The highest BCUT2D eigenvalue weighted by atomic mass is 32.2. The van der Waals surface area contributed by atoms with Gasteiger partial charge in [0.05, 0.1) is 4.75 Å². The zero-order valence-corrected chi connectivity index (χ0v) is 22.6. The van der Waals surface area contributed by atoms with Crippen LogP contribution in [-0.4, -0.2) is 53.3 Å². The topological polar surface area (TPSA) is 86.8 Å². The van der Waals surface area contributed by atoms with Crippen LogP contribution in [0.15, 0.2) is 48.5 Å². The number of benzene rings is 2. The summed E-state index contributed by atoms with van der Waals surface area (Å²) in [7, 11) is -3.71. The Kier molecular flexibility index (Phi) is 8.04. The first kappa shape index (κ1) is 27.3. The normalized spacial score (nSPS) is 24.5. The minimum atomic E-state index is -3.71. The van der Waals surface area contributed by atoms with Crippen molar-refractivity contribution in [3.8, 4) is 0 Å². The molecular weight excluding hydrogens is 493 g/mol. The van der Waals surface area contributed by atoms with Gasteiger partial charge in [-0.05, 0) is 63.6 Å².